The Hall–Kier alpha value is -7.17. The zero-order chi connectivity index (χ0) is 35.1. The molecule has 0 spiro atoms. The van der Waals surface area contributed by atoms with E-state index in [4.69, 9.17) is 15.0 Å². The molecule has 0 aliphatic heterocycles. The van der Waals surface area contributed by atoms with Crippen LogP contribution in [0.4, 0.5) is 0 Å². The van der Waals surface area contributed by atoms with E-state index in [0.29, 0.717) is 17.5 Å². The first kappa shape index (κ1) is 30.6. The second kappa shape index (κ2) is 12.9. The molecule has 53 heavy (non-hydrogen) atoms. The van der Waals surface area contributed by atoms with Crippen molar-refractivity contribution in [1.82, 2.24) is 19.5 Å². The summed E-state index contributed by atoms with van der Waals surface area (Å²) in [5.74, 6) is 1.92. The second-order valence-corrected chi connectivity index (χ2v) is 13.2. The molecule has 0 saturated heterocycles. The monoisotopic (exact) mass is 676 g/mol. The molecule has 0 fully saturated rings. The van der Waals surface area contributed by atoms with Gasteiger partial charge in [-0.3, -0.25) is 0 Å². The standard InChI is InChI=1S/C49H32N4/c1-3-14-34(15-4-1)39-30-31-44(41-21-8-7-20-40(39)41)49-51-47(35-16-5-2-6-17-35)50-48(52-49)37-19-13-18-36(32-37)33-26-28-38(29-27-33)53-45-24-11-9-22-42(45)43-23-10-12-25-46(43)53/h1-32H. The van der Waals surface area contributed by atoms with Gasteiger partial charge in [-0.25, -0.2) is 15.0 Å². The first-order chi connectivity index (χ1) is 26.3. The zero-order valence-electron chi connectivity index (χ0n) is 28.8. The zero-order valence-corrected chi connectivity index (χ0v) is 28.8. The van der Waals surface area contributed by atoms with Crippen molar-refractivity contribution < 1.29 is 0 Å². The molecule has 10 aromatic rings. The second-order valence-electron chi connectivity index (χ2n) is 13.2. The van der Waals surface area contributed by atoms with Crippen LogP contribution < -0.4 is 0 Å². The Labute approximate surface area is 307 Å². The summed E-state index contributed by atoms with van der Waals surface area (Å²) < 4.78 is 2.35. The van der Waals surface area contributed by atoms with E-state index in [1.165, 1.54) is 32.9 Å². The van der Waals surface area contributed by atoms with Crippen LogP contribution in [-0.4, -0.2) is 19.5 Å². The van der Waals surface area contributed by atoms with Gasteiger partial charge in [0.25, 0.3) is 0 Å². The number of hydrogen-bond acceptors (Lipinski definition) is 3. The minimum Gasteiger partial charge on any atom is -0.309 e. The summed E-state index contributed by atoms with van der Waals surface area (Å²) in [7, 11) is 0. The fourth-order valence-electron chi connectivity index (χ4n) is 7.55. The fourth-order valence-corrected chi connectivity index (χ4v) is 7.55. The smallest absolute Gasteiger partial charge is 0.164 e. The van der Waals surface area contributed by atoms with Crippen LogP contribution in [0.3, 0.4) is 0 Å². The SMILES string of the molecule is c1ccc(-c2nc(-c3cccc(-c4ccc(-n5c6ccccc6c6ccccc65)cc4)c3)nc(-c3ccc(-c4ccccc4)c4ccccc34)n2)cc1. The van der Waals surface area contributed by atoms with E-state index in [1.54, 1.807) is 0 Å². The van der Waals surface area contributed by atoms with E-state index >= 15 is 0 Å². The van der Waals surface area contributed by atoms with Gasteiger partial charge < -0.3 is 4.57 Å². The van der Waals surface area contributed by atoms with Crippen molar-refractivity contribution >= 4 is 32.6 Å². The third kappa shape index (κ3) is 5.45. The molecular formula is C49H32N4. The number of fused-ring (bicyclic) bond motifs is 4. The highest BCUT2D eigenvalue weighted by Crippen LogP contribution is 2.37. The van der Waals surface area contributed by atoms with Gasteiger partial charge >= 0.3 is 0 Å². The number of aromatic nitrogens is 4. The maximum atomic E-state index is 5.17. The Morgan fingerprint density at radius 3 is 1.42 bits per heavy atom. The lowest BCUT2D eigenvalue weighted by Gasteiger charge is -2.13. The molecule has 0 radical (unpaired) electrons. The maximum Gasteiger partial charge on any atom is 0.164 e. The van der Waals surface area contributed by atoms with Gasteiger partial charge in [0.2, 0.25) is 0 Å². The van der Waals surface area contributed by atoms with Crippen molar-refractivity contribution in [2.24, 2.45) is 0 Å². The Morgan fingerprint density at radius 1 is 0.283 bits per heavy atom. The third-order valence-electron chi connectivity index (χ3n) is 10.1. The minimum absolute atomic E-state index is 0.633. The van der Waals surface area contributed by atoms with Gasteiger partial charge in [-0.15, -0.1) is 0 Å². The van der Waals surface area contributed by atoms with Crippen molar-refractivity contribution in [2.45, 2.75) is 0 Å². The molecular weight excluding hydrogens is 645 g/mol. The van der Waals surface area contributed by atoms with E-state index in [0.717, 1.165) is 44.3 Å². The van der Waals surface area contributed by atoms with Crippen molar-refractivity contribution in [2.75, 3.05) is 0 Å². The molecule has 0 aliphatic carbocycles. The Bertz CT molecular complexity index is 2880. The molecule has 8 aromatic carbocycles. The molecule has 248 valence electrons. The normalized spacial score (nSPS) is 11.4. The summed E-state index contributed by atoms with van der Waals surface area (Å²) >= 11 is 0. The van der Waals surface area contributed by atoms with Crippen LogP contribution in [0.25, 0.3) is 94.7 Å². The first-order valence-corrected chi connectivity index (χ1v) is 17.9. The summed E-state index contributed by atoms with van der Waals surface area (Å²) in [5, 5.41) is 4.77. The molecule has 4 nitrogen and oxygen atoms in total. The average molecular weight is 677 g/mol. The molecule has 0 atom stereocenters. The van der Waals surface area contributed by atoms with E-state index in [9.17, 15) is 0 Å². The number of nitrogens with zero attached hydrogens (tertiary/aromatic N) is 4. The quantitative estimate of drug-likeness (QED) is 0.176. The number of hydrogen-bond donors (Lipinski definition) is 0. The van der Waals surface area contributed by atoms with Crippen molar-refractivity contribution in [1.29, 1.82) is 0 Å². The van der Waals surface area contributed by atoms with E-state index in [-0.39, 0.29) is 0 Å². The van der Waals surface area contributed by atoms with E-state index < -0.39 is 0 Å². The molecule has 10 rings (SSSR count). The lowest BCUT2D eigenvalue weighted by molar-refractivity contribution is 1.08. The number of rotatable bonds is 6. The highest BCUT2D eigenvalue weighted by Gasteiger charge is 2.17. The Morgan fingerprint density at radius 2 is 0.755 bits per heavy atom. The first-order valence-electron chi connectivity index (χ1n) is 17.9. The van der Waals surface area contributed by atoms with Crippen LogP contribution in [0, 0.1) is 0 Å². The van der Waals surface area contributed by atoms with Gasteiger partial charge in [0.15, 0.2) is 17.5 Å². The highest BCUT2D eigenvalue weighted by molar-refractivity contribution is 6.09. The maximum absolute atomic E-state index is 5.17. The topological polar surface area (TPSA) is 43.6 Å². The third-order valence-corrected chi connectivity index (χ3v) is 10.1. The average Bonchev–Trinajstić information content (AvgIpc) is 3.58. The predicted octanol–water partition coefficient (Wildman–Crippen LogP) is 12.5. The van der Waals surface area contributed by atoms with E-state index in [2.05, 4.69) is 180 Å². The molecule has 0 aliphatic rings. The largest absolute Gasteiger partial charge is 0.309 e. The minimum atomic E-state index is 0.633. The van der Waals surface area contributed by atoms with Gasteiger partial charge in [0.1, 0.15) is 0 Å². The predicted molar refractivity (Wildman–Crippen MR) is 219 cm³/mol. The molecule has 0 amide bonds. The molecule has 0 saturated carbocycles. The van der Waals surface area contributed by atoms with Crippen LogP contribution in [0.2, 0.25) is 0 Å². The fraction of sp³-hybridized carbons (Fsp3) is 0. The van der Waals surface area contributed by atoms with Crippen LogP contribution in [0.1, 0.15) is 0 Å². The Kier molecular flexibility index (Phi) is 7.43. The van der Waals surface area contributed by atoms with Crippen LogP contribution in [0.5, 0.6) is 0 Å². The summed E-state index contributed by atoms with van der Waals surface area (Å²) in [5.41, 5.74) is 10.9. The Balaban J connectivity index is 1.07. The van der Waals surface area contributed by atoms with Gasteiger partial charge in [0.05, 0.1) is 11.0 Å². The highest BCUT2D eigenvalue weighted by atomic mass is 15.0. The van der Waals surface area contributed by atoms with Gasteiger partial charge in [-0.05, 0) is 69.4 Å². The number of benzene rings is 8. The van der Waals surface area contributed by atoms with Crippen molar-refractivity contribution in [3.63, 3.8) is 0 Å². The number of para-hydroxylation sites is 2. The van der Waals surface area contributed by atoms with Crippen molar-refractivity contribution in [3.05, 3.63) is 194 Å². The van der Waals surface area contributed by atoms with E-state index in [1.807, 2.05) is 18.2 Å². The summed E-state index contributed by atoms with van der Waals surface area (Å²) in [6.07, 6.45) is 0. The van der Waals surface area contributed by atoms with Crippen molar-refractivity contribution in [3.8, 4) is 62.1 Å². The summed E-state index contributed by atoms with van der Waals surface area (Å²) in [6, 6.07) is 68.0. The molecule has 0 bridgehead atoms. The lowest BCUT2D eigenvalue weighted by atomic mass is 9.94. The molecule has 2 heterocycles. The van der Waals surface area contributed by atoms with Crippen LogP contribution >= 0.6 is 0 Å². The summed E-state index contributed by atoms with van der Waals surface area (Å²) in [4.78, 5) is 15.3. The molecule has 0 unspecified atom stereocenters. The van der Waals surface area contributed by atoms with Gasteiger partial charge in [0, 0.05) is 33.2 Å². The summed E-state index contributed by atoms with van der Waals surface area (Å²) in [6.45, 7) is 0. The van der Waals surface area contributed by atoms with Crippen LogP contribution in [-0.2, 0) is 0 Å². The van der Waals surface area contributed by atoms with Gasteiger partial charge in [-0.2, -0.15) is 0 Å². The molecule has 0 N–H and O–H groups in total. The van der Waals surface area contributed by atoms with Crippen LogP contribution in [0.15, 0.2) is 194 Å². The van der Waals surface area contributed by atoms with Gasteiger partial charge in [-0.1, -0.05) is 158 Å². The lowest BCUT2D eigenvalue weighted by Crippen LogP contribution is -2.01. The molecule has 2 aromatic heterocycles. The molecule has 4 heteroatoms.